The molecule has 1 saturated carbocycles. The quantitative estimate of drug-likeness (QED) is 0.384. The van der Waals surface area contributed by atoms with Crippen LogP contribution in [0.15, 0.2) is 33.7 Å². The van der Waals surface area contributed by atoms with Gasteiger partial charge in [0.25, 0.3) is 0 Å². The Bertz CT molecular complexity index is 561. The summed E-state index contributed by atoms with van der Waals surface area (Å²) in [4.78, 5) is 4.37. The highest BCUT2D eigenvalue weighted by Gasteiger charge is 2.59. The van der Waals surface area contributed by atoms with Gasteiger partial charge in [0, 0.05) is 42.0 Å². The van der Waals surface area contributed by atoms with Crippen LogP contribution in [-0.2, 0) is 11.3 Å². The Morgan fingerprint density at radius 3 is 2.70 bits per heavy atom. The van der Waals surface area contributed by atoms with Gasteiger partial charge in [-0.05, 0) is 24.1 Å². The molecule has 0 aromatic heterocycles. The van der Waals surface area contributed by atoms with E-state index in [2.05, 4.69) is 69.7 Å². The standard InChI is InChI=1S/C17H24BrN3O.HI/c1-17(2)14(13-8-9-22-15(13)17)21-16(19-3)20-10-11-4-6-12(18)7-5-11;/h4-7,13-15H,8-10H2,1-3H3,(H2,19,20,21);1H. The smallest absolute Gasteiger partial charge is 0.191 e. The molecular weight excluding hydrogens is 469 g/mol. The van der Waals surface area contributed by atoms with Crippen LogP contribution in [0.3, 0.4) is 0 Å². The number of guanidine groups is 1. The van der Waals surface area contributed by atoms with Crippen LogP contribution in [0.5, 0.6) is 0 Å². The first kappa shape index (κ1) is 19.0. The molecule has 1 aliphatic heterocycles. The summed E-state index contributed by atoms with van der Waals surface area (Å²) in [5, 5.41) is 7.00. The number of ether oxygens (including phenoxy) is 1. The SMILES string of the molecule is CN=C(NCc1ccc(Br)cc1)NC1C2CCOC2C1(C)C.I. The maximum absolute atomic E-state index is 5.85. The molecule has 1 aromatic rings. The predicted molar refractivity (Wildman–Crippen MR) is 108 cm³/mol. The Hall–Kier alpha value is -0.340. The molecule has 3 unspecified atom stereocenters. The molecular formula is C17H25BrIN3O. The van der Waals surface area contributed by atoms with E-state index in [0.29, 0.717) is 18.1 Å². The molecule has 6 heteroatoms. The lowest BCUT2D eigenvalue weighted by Crippen LogP contribution is -2.67. The average Bonchev–Trinajstić information content (AvgIpc) is 2.96. The van der Waals surface area contributed by atoms with Crippen LogP contribution in [-0.4, -0.2) is 31.8 Å². The maximum atomic E-state index is 5.85. The van der Waals surface area contributed by atoms with Crippen molar-refractivity contribution in [2.45, 2.75) is 39.0 Å². The first-order valence-corrected chi connectivity index (χ1v) is 8.65. The molecule has 0 radical (unpaired) electrons. The van der Waals surface area contributed by atoms with E-state index >= 15 is 0 Å². The molecule has 1 aromatic carbocycles. The van der Waals surface area contributed by atoms with Crippen molar-refractivity contribution in [3.8, 4) is 0 Å². The monoisotopic (exact) mass is 493 g/mol. The van der Waals surface area contributed by atoms with Crippen molar-refractivity contribution < 1.29 is 4.74 Å². The zero-order valence-corrected chi connectivity index (χ0v) is 17.7. The van der Waals surface area contributed by atoms with Gasteiger partial charge in [0.15, 0.2) is 5.96 Å². The number of rotatable bonds is 3. The number of nitrogens with zero attached hydrogens (tertiary/aromatic N) is 1. The third-order valence-corrected chi connectivity index (χ3v) is 5.52. The van der Waals surface area contributed by atoms with E-state index in [-0.39, 0.29) is 29.4 Å². The van der Waals surface area contributed by atoms with Gasteiger partial charge in [-0.15, -0.1) is 24.0 Å². The number of hydrogen-bond acceptors (Lipinski definition) is 2. The van der Waals surface area contributed by atoms with Crippen LogP contribution in [0, 0.1) is 11.3 Å². The van der Waals surface area contributed by atoms with Crippen LogP contribution in [0.25, 0.3) is 0 Å². The summed E-state index contributed by atoms with van der Waals surface area (Å²) in [5.74, 6) is 1.48. The number of aliphatic imine (C=N–C) groups is 1. The molecule has 0 bridgehead atoms. The molecule has 3 atom stereocenters. The minimum Gasteiger partial charge on any atom is -0.377 e. The Balaban J connectivity index is 0.00000192. The fourth-order valence-corrected chi connectivity index (χ4v) is 4.01. The molecule has 3 rings (SSSR count). The van der Waals surface area contributed by atoms with E-state index in [0.717, 1.165) is 30.0 Å². The summed E-state index contributed by atoms with van der Waals surface area (Å²) < 4.78 is 6.95. The first-order valence-electron chi connectivity index (χ1n) is 7.85. The van der Waals surface area contributed by atoms with Gasteiger partial charge in [-0.3, -0.25) is 4.99 Å². The maximum Gasteiger partial charge on any atom is 0.191 e. The number of halogens is 2. The molecule has 0 amide bonds. The highest BCUT2D eigenvalue weighted by molar-refractivity contribution is 14.0. The van der Waals surface area contributed by atoms with Crippen LogP contribution in [0.1, 0.15) is 25.8 Å². The van der Waals surface area contributed by atoms with E-state index in [4.69, 9.17) is 4.74 Å². The molecule has 1 heterocycles. The molecule has 23 heavy (non-hydrogen) atoms. The summed E-state index contributed by atoms with van der Waals surface area (Å²) in [6.07, 6.45) is 1.55. The second-order valence-electron chi connectivity index (χ2n) is 6.74. The van der Waals surface area contributed by atoms with Gasteiger partial charge in [-0.1, -0.05) is 41.9 Å². The Morgan fingerprint density at radius 1 is 1.35 bits per heavy atom. The molecule has 2 aliphatic rings. The normalized spacial score (nSPS) is 28.3. The Kier molecular flexibility index (Phi) is 6.35. The molecule has 128 valence electrons. The third-order valence-electron chi connectivity index (χ3n) is 4.99. The van der Waals surface area contributed by atoms with Crippen molar-refractivity contribution in [2.75, 3.05) is 13.7 Å². The molecule has 0 spiro atoms. The number of nitrogens with one attached hydrogen (secondary N) is 2. The van der Waals surface area contributed by atoms with Crippen LogP contribution in [0.4, 0.5) is 0 Å². The number of fused-ring (bicyclic) bond motifs is 1. The van der Waals surface area contributed by atoms with Crippen molar-refractivity contribution in [2.24, 2.45) is 16.3 Å². The largest absolute Gasteiger partial charge is 0.377 e. The van der Waals surface area contributed by atoms with Gasteiger partial charge >= 0.3 is 0 Å². The average molecular weight is 494 g/mol. The predicted octanol–water partition coefficient (Wildman–Crippen LogP) is 3.55. The highest BCUT2D eigenvalue weighted by Crippen LogP contribution is 2.52. The minimum absolute atomic E-state index is 0. The highest BCUT2D eigenvalue weighted by atomic mass is 127. The second kappa shape index (κ2) is 7.70. The molecule has 2 N–H and O–H groups in total. The fraction of sp³-hybridized carbons (Fsp3) is 0.588. The summed E-state index contributed by atoms with van der Waals surface area (Å²) in [6, 6.07) is 8.76. The molecule has 2 fully saturated rings. The Labute approximate surface area is 164 Å². The van der Waals surface area contributed by atoms with Crippen molar-refractivity contribution in [1.82, 2.24) is 10.6 Å². The summed E-state index contributed by atoms with van der Waals surface area (Å²) in [5.41, 5.74) is 1.40. The number of hydrogen-bond donors (Lipinski definition) is 2. The van der Waals surface area contributed by atoms with Crippen molar-refractivity contribution in [1.29, 1.82) is 0 Å². The zero-order valence-electron chi connectivity index (χ0n) is 13.8. The van der Waals surface area contributed by atoms with E-state index in [9.17, 15) is 0 Å². The lowest BCUT2D eigenvalue weighted by atomic mass is 9.57. The number of benzene rings is 1. The summed E-state index contributed by atoms with van der Waals surface area (Å²) in [7, 11) is 1.82. The van der Waals surface area contributed by atoms with Crippen molar-refractivity contribution in [3.05, 3.63) is 34.3 Å². The topological polar surface area (TPSA) is 45.7 Å². The molecule has 1 aliphatic carbocycles. The lowest BCUT2D eigenvalue weighted by Gasteiger charge is -2.54. The Morgan fingerprint density at radius 2 is 2.04 bits per heavy atom. The van der Waals surface area contributed by atoms with E-state index in [1.165, 1.54) is 5.56 Å². The van der Waals surface area contributed by atoms with Gasteiger partial charge in [0.2, 0.25) is 0 Å². The third kappa shape index (κ3) is 3.85. The van der Waals surface area contributed by atoms with Gasteiger partial charge in [-0.2, -0.15) is 0 Å². The fourth-order valence-electron chi connectivity index (χ4n) is 3.75. The van der Waals surface area contributed by atoms with Gasteiger partial charge in [0.05, 0.1) is 6.10 Å². The van der Waals surface area contributed by atoms with Crippen LogP contribution >= 0.6 is 39.9 Å². The van der Waals surface area contributed by atoms with Crippen molar-refractivity contribution in [3.63, 3.8) is 0 Å². The second-order valence-corrected chi connectivity index (χ2v) is 7.66. The van der Waals surface area contributed by atoms with Crippen molar-refractivity contribution >= 4 is 45.9 Å². The lowest BCUT2D eigenvalue weighted by molar-refractivity contribution is -0.106. The van der Waals surface area contributed by atoms with E-state index < -0.39 is 0 Å². The zero-order chi connectivity index (χ0) is 15.7. The minimum atomic E-state index is 0. The van der Waals surface area contributed by atoms with Gasteiger partial charge < -0.3 is 15.4 Å². The summed E-state index contributed by atoms with van der Waals surface area (Å²) >= 11 is 3.46. The van der Waals surface area contributed by atoms with E-state index in [1.807, 2.05) is 7.05 Å². The summed E-state index contributed by atoms with van der Waals surface area (Å²) in [6.45, 7) is 6.21. The molecule has 4 nitrogen and oxygen atoms in total. The van der Waals surface area contributed by atoms with E-state index in [1.54, 1.807) is 0 Å². The molecule has 1 saturated heterocycles. The van der Waals surface area contributed by atoms with Crippen LogP contribution in [0.2, 0.25) is 0 Å². The van der Waals surface area contributed by atoms with Crippen LogP contribution < -0.4 is 10.6 Å². The first-order chi connectivity index (χ1) is 10.5. The van der Waals surface area contributed by atoms with Gasteiger partial charge in [-0.25, -0.2) is 0 Å². The van der Waals surface area contributed by atoms with Gasteiger partial charge in [0.1, 0.15) is 0 Å².